The second kappa shape index (κ2) is 4.91. The highest BCUT2D eigenvalue weighted by Gasteiger charge is 2.24. The minimum absolute atomic E-state index is 0.107. The molecule has 0 aliphatic rings. The van der Waals surface area contributed by atoms with Gasteiger partial charge in [0.15, 0.2) is 0 Å². The number of hydrogen-bond donors (Lipinski definition) is 2. The Balaban J connectivity index is 4.23. The minimum Gasteiger partial charge on any atom is -0.477 e. The van der Waals surface area contributed by atoms with E-state index in [0.717, 1.165) is 0 Å². The van der Waals surface area contributed by atoms with Gasteiger partial charge in [-0.1, -0.05) is 6.92 Å². The molecule has 0 aromatic carbocycles. The van der Waals surface area contributed by atoms with Crippen molar-refractivity contribution in [3.63, 3.8) is 0 Å². The van der Waals surface area contributed by atoms with E-state index in [1.807, 2.05) is 0 Å². The van der Waals surface area contributed by atoms with Crippen LogP contribution >= 0.6 is 0 Å². The third kappa shape index (κ3) is 5.83. The van der Waals surface area contributed by atoms with Gasteiger partial charge in [-0.3, -0.25) is 10.2 Å². The normalized spacial score (nSPS) is 13.1. The summed E-state index contributed by atoms with van der Waals surface area (Å²) >= 11 is 0. The van der Waals surface area contributed by atoms with Crippen molar-refractivity contribution < 1.29 is 19.4 Å². The lowest BCUT2D eigenvalue weighted by molar-refractivity contribution is -0.159. The number of esters is 1. The number of carbonyl (C=O) groups is 2. The fourth-order valence-corrected chi connectivity index (χ4v) is 0.879. The number of carboxylic acids is 1. The standard InChI is InChI=1S/C10H17NO4/c1-6(5-7(11)8(12)13)9(14)15-10(2,3)4/h6,11H,5H2,1-4H3,(H,12,13). The molecule has 86 valence electrons. The Bertz CT molecular complexity index is 278. The number of carboxylic acid groups (broad SMARTS) is 1. The lowest BCUT2D eigenvalue weighted by atomic mass is 10.0. The van der Waals surface area contributed by atoms with Crippen LogP contribution < -0.4 is 0 Å². The Hall–Kier alpha value is -1.39. The molecule has 15 heavy (non-hydrogen) atoms. The number of nitrogens with one attached hydrogen (secondary N) is 1. The van der Waals surface area contributed by atoms with Crippen LogP contribution in [0.4, 0.5) is 0 Å². The summed E-state index contributed by atoms with van der Waals surface area (Å²) < 4.78 is 5.05. The average Bonchev–Trinajstić information content (AvgIpc) is 2.00. The van der Waals surface area contributed by atoms with Gasteiger partial charge in [0.25, 0.3) is 0 Å². The summed E-state index contributed by atoms with van der Waals surface area (Å²) in [6, 6.07) is 0. The summed E-state index contributed by atoms with van der Waals surface area (Å²) in [6.45, 7) is 6.76. The third-order valence-corrected chi connectivity index (χ3v) is 1.58. The molecule has 1 atom stereocenters. The van der Waals surface area contributed by atoms with Crippen molar-refractivity contribution in [2.75, 3.05) is 0 Å². The van der Waals surface area contributed by atoms with Crippen LogP contribution in [-0.4, -0.2) is 28.4 Å². The monoisotopic (exact) mass is 215 g/mol. The Labute approximate surface area is 88.9 Å². The first kappa shape index (κ1) is 13.6. The molecule has 5 heteroatoms. The summed E-state index contributed by atoms with van der Waals surface area (Å²) in [5.74, 6) is -2.38. The number of rotatable bonds is 4. The maximum Gasteiger partial charge on any atom is 0.349 e. The van der Waals surface area contributed by atoms with Crippen LogP contribution in [0, 0.1) is 11.3 Å². The SMILES string of the molecule is CC(CC(=N)C(=O)O)C(=O)OC(C)(C)C. The topological polar surface area (TPSA) is 87.5 Å². The summed E-state index contributed by atoms with van der Waals surface area (Å²) in [6.07, 6.45) is -0.107. The van der Waals surface area contributed by atoms with Crippen molar-refractivity contribution in [2.24, 2.45) is 5.92 Å². The zero-order valence-electron chi connectivity index (χ0n) is 9.46. The van der Waals surface area contributed by atoms with E-state index < -0.39 is 29.2 Å². The molecule has 0 fully saturated rings. The molecule has 5 nitrogen and oxygen atoms in total. The van der Waals surface area contributed by atoms with E-state index in [9.17, 15) is 9.59 Å². The van der Waals surface area contributed by atoms with Gasteiger partial charge < -0.3 is 9.84 Å². The molecule has 0 rings (SSSR count). The summed E-state index contributed by atoms with van der Waals surface area (Å²) in [4.78, 5) is 21.8. The van der Waals surface area contributed by atoms with E-state index >= 15 is 0 Å². The second-order valence-corrected chi connectivity index (χ2v) is 4.42. The van der Waals surface area contributed by atoms with Gasteiger partial charge in [0.05, 0.1) is 5.92 Å². The maximum atomic E-state index is 11.4. The highest BCUT2D eigenvalue weighted by atomic mass is 16.6. The highest BCUT2D eigenvalue weighted by molar-refractivity contribution is 6.34. The van der Waals surface area contributed by atoms with Crippen molar-refractivity contribution >= 4 is 17.7 Å². The molecule has 0 spiro atoms. The fraction of sp³-hybridized carbons (Fsp3) is 0.700. The van der Waals surface area contributed by atoms with E-state index in [2.05, 4.69) is 0 Å². The lowest BCUT2D eigenvalue weighted by Gasteiger charge is -2.21. The van der Waals surface area contributed by atoms with Crippen molar-refractivity contribution in [1.82, 2.24) is 0 Å². The van der Waals surface area contributed by atoms with Crippen LogP contribution in [0.5, 0.6) is 0 Å². The number of carbonyl (C=O) groups excluding carboxylic acids is 1. The van der Waals surface area contributed by atoms with Gasteiger partial charge in [0, 0.05) is 6.42 Å². The van der Waals surface area contributed by atoms with Crippen LogP contribution in [0.3, 0.4) is 0 Å². The molecule has 0 aliphatic heterocycles. The predicted molar refractivity (Wildman–Crippen MR) is 55.0 cm³/mol. The molecule has 0 saturated carbocycles. The van der Waals surface area contributed by atoms with E-state index in [-0.39, 0.29) is 6.42 Å². The molecular formula is C10H17NO4. The van der Waals surface area contributed by atoms with Crippen molar-refractivity contribution in [3.05, 3.63) is 0 Å². The summed E-state index contributed by atoms with van der Waals surface area (Å²) in [7, 11) is 0. The molecule has 0 radical (unpaired) electrons. The van der Waals surface area contributed by atoms with Gasteiger partial charge in [0.1, 0.15) is 11.3 Å². The first-order valence-corrected chi connectivity index (χ1v) is 4.67. The highest BCUT2D eigenvalue weighted by Crippen LogP contribution is 2.13. The Morgan fingerprint density at radius 3 is 2.20 bits per heavy atom. The van der Waals surface area contributed by atoms with Gasteiger partial charge >= 0.3 is 11.9 Å². The van der Waals surface area contributed by atoms with Crippen LogP contribution in [0.25, 0.3) is 0 Å². The molecule has 0 heterocycles. The van der Waals surface area contributed by atoms with Gasteiger partial charge in [-0.15, -0.1) is 0 Å². The quantitative estimate of drug-likeness (QED) is 0.549. The number of hydrogen-bond acceptors (Lipinski definition) is 4. The van der Waals surface area contributed by atoms with Crippen molar-refractivity contribution in [2.45, 2.75) is 39.7 Å². The Morgan fingerprint density at radius 2 is 1.87 bits per heavy atom. The van der Waals surface area contributed by atoms with Crippen molar-refractivity contribution in [3.8, 4) is 0 Å². The van der Waals surface area contributed by atoms with E-state index in [1.165, 1.54) is 0 Å². The molecule has 0 aliphatic carbocycles. The maximum absolute atomic E-state index is 11.4. The predicted octanol–water partition coefficient (Wildman–Crippen LogP) is 1.46. The van der Waals surface area contributed by atoms with E-state index in [4.69, 9.17) is 15.3 Å². The van der Waals surface area contributed by atoms with E-state index in [0.29, 0.717) is 0 Å². The largest absolute Gasteiger partial charge is 0.477 e. The van der Waals surface area contributed by atoms with Crippen molar-refractivity contribution in [1.29, 1.82) is 5.41 Å². The fourth-order valence-electron chi connectivity index (χ4n) is 0.879. The Kier molecular flexibility index (Phi) is 4.45. The van der Waals surface area contributed by atoms with Crippen LogP contribution in [-0.2, 0) is 14.3 Å². The lowest BCUT2D eigenvalue weighted by Crippen LogP contribution is -2.29. The minimum atomic E-state index is -1.30. The molecule has 0 saturated heterocycles. The summed E-state index contributed by atoms with van der Waals surface area (Å²) in [5.41, 5.74) is -1.06. The first-order valence-electron chi connectivity index (χ1n) is 4.67. The number of aliphatic carboxylic acids is 1. The molecule has 0 aromatic heterocycles. The first-order chi connectivity index (χ1) is 6.63. The molecule has 2 N–H and O–H groups in total. The van der Waals surface area contributed by atoms with Crippen LogP contribution in [0.1, 0.15) is 34.1 Å². The van der Waals surface area contributed by atoms with Gasteiger partial charge in [0.2, 0.25) is 0 Å². The molecule has 0 bridgehead atoms. The molecule has 1 unspecified atom stereocenters. The van der Waals surface area contributed by atoms with Crippen LogP contribution in [0.2, 0.25) is 0 Å². The average molecular weight is 215 g/mol. The molecular weight excluding hydrogens is 198 g/mol. The van der Waals surface area contributed by atoms with Gasteiger partial charge in [-0.25, -0.2) is 4.79 Å². The molecule has 0 aromatic rings. The third-order valence-electron chi connectivity index (χ3n) is 1.58. The second-order valence-electron chi connectivity index (χ2n) is 4.42. The summed E-state index contributed by atoms with van der Waals surface area (Å²) in [5, 5.41) is 15.6. The van der Waals surface area contributed by atoms with Gasteiger partial charge in [-0.05, 0) is 20.8 Å². The zero-order chi connectivity index (χ0) is 12.2. The Morgan fingerprint density at radius 1 is 1.40 bits per heavy atom. The zero-order valence-corrected chi connectivity index (χ0v) is 9.46. The van der Waals surface area contributed by atoms with Gasteiger partial charge in [-0.2, -0.15) is 0 Å². The molecule has 0 amide bonds. The smallest absolute Gasteiger partial charge is 0.349 e. The van der Waals surface area contributed by atoms with Crippen LogP contribution in [0.15, 0.2) is 0 Å². The van der Waals surface area contributed by atoms with E-state index in [1.54, 1.807) is 27.7 Å². The number of ether oxygens (including phenoxy) is 1.